The topological polar surface area (TPSA) is 63.1 Å². The molecule has 0 unspecified atom stereocenters. The quantitative estimate of drug-likeness (QED) is 0.935. The van der Waals surface area contributed by atoms with Gasteiger partial charge >= 0.3 is 0 Å². The van der Waals surface area contributed by atoms with Crippen molar-refractivity contribution in [1.29, 1.82) is 0 Å². The Morgan fingerprint density at radius 2 is 1.95 bits per heavy atom. The zero-order valence-electron chi connectivity index (χ0n) is 13.0. The Morgan fingerprint density at radius 1 is 1.18 bits per heavy atom. The van der Waals surface area contributed by atoms with Crippen LogP contribution in [0, 0.1) is 0 Å². The number of hydrogen-bond acceptors (Lipinski definition) is 5. The van der Waals surface area contributed by atoms with Crippen molar-refractivity contribution in [3.05, 3.63) is 46.5 Å². The second-order valence-corrected chi connectivity index (χ2v) is 5.85. The van der Waals surface area contributed by atoms with Crippen molar-refractivity contribution in [2.75, 3.05) is 25.5 Å². The van der Waals surface area contributed by atoms with E-state index in [9.17, 15) is 4.79 Å². The third-order valence-corrected chi connectivity index (χ3v) is 4.24. The van der Waals surface area contributed by atoms with Gasteiger partial charge in [-0.05, 0) is 56.6 Å². The second-order valence-electron chi connectivity index (χ2n) is 5.85. The Balaban J connectivity index is 1.72. The first-order chi connectivity index (χ1) is 10.6. The first kappa shape index (κ1) is 14.7. The number of rotatable bonds is 3. The third kappa shape index (κ3) is 3.17. The molecule has 0 aliphatic carbocycles. The average Bonchev–Trinajstić information content (AvgIpc) is 2.53. The highest BCUT2D eigenvalue weighted by atomic mass is 16.1. The van der Waals surface area contributed by atoms with E-state index in [1.807, 2.05) is 12.3 Å². The zero-order valence-corrected chi connectivity index (χ0v) is 13.0. The molecule has 0 bridgehead atoms. The minimum atomic E-state index is -0.163. The van der Waals surface area contributed by atoms with Gasteiger partial charge in [-0.25, -0.2) is 9.67 Å². The molecule has 1 fully saturated rings. The molecule has 1 aliphatic heterocycles. The summed E-state index contributed by atoms with van der Waals surface area (Å²) in [5.74, 6) is 1.27. The van der Waals surface area contributed by atoms with Crippen molar-refractivity contribution in [1.82, 2.24) is 19.7 Å². The van der Waals surface area contributed by atoms with E-state index in [4.69, 9.17) is 0 Å². The number of anilines is 2. The molecule has 0 atom stereocenters. The first-order valence-corrected chi connectivity index (χ1v) is 7.57. The van der Waals surface area contributed by atoms with Crippen LogP contribution >= 0.6 is 0 Å². The molecule has 6 heteroatoms. The van der Waals surface area contributed by atoms with Gasteiger partial charge < -0.3 is 10.2 Å². The van der Waals surface area contributed by atoms with Crippen LogP contribution in [0.15, 0.2) is 35.4 Å². The van der Waals surface area contributed by atoms with Gasteiger partial charge in [-0.1, -0.05) is 6.07 Å². The maximum absolute atomic E-state index is 11.9. The highest BCUT2D eigenvalue weighted by molar-refractivity contribution is 5.54. The second kappa shape index (κ2) is 6.27. The molecule has 6 nitrogen and oxygen atoms in total. The standard InChI is InChI=1S/C16H21N5O/c1-20-9-6-12(7-10-20)13-3-4-15(17-11-13)19-14-5-8-18-21(2)16(14)22/h3-5,8,11-12H,6-7,9-10H2,1-2H3,(H,17,19). The minimum Gasteiger partial charge on any atom is -0.336 e. The number of likely N-dealkylation sites (tertiary alicyclic amines) is 1. The van der Waals surface area contributed by atoms with E-state index < -0.39 is 0 Å². The third-order valence-electron chi connectivity index (χ3n) is 4.24. The van der Waals surface area contributed by atoms with Crippen LogP contribution in [-0.4, -0.2) is 39.8 Å². The molecule has 0 spiro atoms. The number of aromatic nitrogens is 3. The van der Waals surface area contributed by atoms with Gasteiger partial charge in [0, 0.05) is 19.4 Å². The molecule has 2 aromatic rings. The number of pyridine rings is 1. The summed E-state index contributed by atoms with van der Waals surface area (Å²) in [6.07, 6.45) is 5.87. The van der Waals surface area contributed by atoms with Crippen LogP contribution in [0.1, 0.15) is 24.3 Å². The SMILES string of the molecule is CN1CCC(c2ccc(Nc3ccnn(C)c3=O)nc2)CC1. The largest absolute Gasteiger partial charge is 0.336 e. The van der Waals surface area contributed by atoms with Gasteiger partial charge in [0.1, 0.15) is 11.5 Å². The van der Waals surface area contributed by atoms with Crippen molar-refractivity contribution in [2.24, 2.45) is 7.05 Å². The Hall–Kier alpha value is -2.21. The molecular weight excluding hydrogens is 278 g/mol. The van der Waals surface area contributed by atoms with Crippen LogP contribution in [0.25, 0.3) is 0 Å². The molecular formula is C16H21N5O. The van der Waals surface area contributed by atoms with Gasteiger partial charge in [-0.2, -0.15) is 5.10 Å². The monoisotopic (exact) mass is 299 g/mol. The zero-order chi connectivity index (χ0) is 15.5. The lowest BCUT2D eigenvalue weighted by Gasteiger charge is -2.29. The lowest BCUT2D eigenvalue weighted by Crippen LogP contribution is -2.29. The smallest absolute Gasteiger partial charge is 0.290 e. The fourth-order valence-corrected chi connectivity index (χ4v) is 2.80. The number of nitrogens with one attached hydrogen (secondary N) is 1. The minimum absolute atomic E-state index is 0.163. The molecule has 2 aromatic heterocycles. The van der Waals surface area contributed by atoms with Gasteiger partial charge in [-0.3, -0.25) is 4.79 Å². The van der Waals surface area contributed by atoms with Crippen molar-refractivity contribution in [3.8, 4) is 0 Å². The summed E-state index contributed by atoms with van der Waals surface area (Å²) >= 11 is 0. The molecule has 0 amide bonds. The van der Waals surface area contributed by atoms with Gasteiger partial charge in [0.05, 0.1) is 0 Å². The van der Waals surface area contributed by atoms with Gasteiger partial charge in [0.2, 0.25) is 0 Å². The predicted octanol–water partition coefficient (Wildman–Crippen LogP) is 1.73. The van der Waals surface area contributed by atoms with E-state index in [0.29, 0.717) is 17.4 Å². The van der Waals surface area contributed by atoms with Crippen molar-refractivity contribution in [3.63, 3.8) is 0 Å². The van der Waals surface area contributed by atoms with Gasteiger partial charge in [-0.15, -0.1) is 0 Å². The van der Waals surface area contributed by atoms with E-state index in [0.717, 1.165) is 13.1 Å². The molecule has 116 valence electrons. The molecule has 1 saturated heterocycles. The Bertz CT molecular complexity index is 686. The molecule has 0 saturated carbocycles. The maximum atomic E-state index is 11.9. The summed E-state index contributed by atoms with van der Waals surface area (Å²) in [6.45, 7) is 2.27. The molecule has 3 rings (SSSR count). The number of nitrogens with zero attached hydrogens (tertiary/aromatic N) is 4. The van der Waals surface area contributed by atoms with Gasteiger partial charge in [0.25, 0.3) is 5.56 Å². The summed E-state index contributed by atoms with van der Waals surface area (Å²) < 4.78 is 1.30. The van der Waals surface area contributed by atoms with E-state index >= 15 is 0 Å². The summed E-state index contributed by atoms with van der Waals surface area (Å²) in [5, 5.41) is 6.96. The van der Waals surface area contributed by atoms with Crippen molar-refractivity contribution < 1.29 is 0 Å². The number of piperidine rings is 1. The number of hydrogen-bond donors (Lipinski definition) is 1. The summed E-state index contributed by atoms with van der Waals surface area (Å²) in [4.78, 5) is 18.7. The maximum Gasteiger partial charge on any atom is 0.290 e. The molecule has 1 aliphatic rings. The number of aryl methyl sites for hydroxylation is 1. The average molecular weight is 299 g/mol. The summed E-state index contributed by atoms with van der Waals surface area (Å²) in [6, 6.07) is 5.71. The normalized spacial score (nSPS) is 16.6. The van der Waals surface area contributed by atoms with E-state index in [-0.39, 0.29) is 5.56 Å². The molecule has 22 heavy (non-hydrogen) atoms. The lowest BCUT2D eigenvalue weighted by molar-refractivity contribution is 0.255. The molecule has 0 aromatic carbocycles. The first-order valence-electron chi connectivity index (χ1n) is 7.57. The Morgan fingerprint density at radius 3 is 2.64 bits per heavy atom. The Kier molecular flexibility index (Phi) is 4.20. The van der Waals surface area contributed by atoms with Crippen LogP contribution in [0.2, 0.25) is 0 Å². The van der Waals surface area contributed by atoms with Crippen molar-refractivity contribution in [2.45, 2.75) is 18.8 Å². The van der Waals surface area contributed by atoms with Gasteiger partial charge in [0.15, 0.2) is 0 Å². The molecule has 3 heterocycles. The molecule has 0 radical (unpaired) electrons. The highest BCUT2D eigenvalue weighted by Crippen LogP contribution is 2.27. The predicted molar refractivity (Wildman–Crippen MR) is 86.5 cm³/mol. The van der Waals surface area contributed by atoms with E-state index in [2.05, 4.69) is 33.4 Å². The Labute approximate surface area is 129 Å². The van der Waals surface area contributed by atoms with E-state index in [1.54, 1.807) is 19.3 Å². The van der Waals surface area contributed by atoms with Crippen LogP contribution < -0.4 is 10.9 Å². The lowest BCUT2D eigenvalue weighted by atomic mass is 9.91. The fraction of sp³-hybridized carbons (Fsp3) is 0.438. The highest BCUT2D eigenvalue weighted by Gasteiger charge is 2.18. The van der Waals surface area contributed by atoms with Crippen LogP contribution in [0.3, 0.4) is 0 Å². The van der Waals surface area contributed by atoms with Crippen LogP contribution in [0.4, 0.5) is 11.5 Å². The summed E-state index contributed by atoms with van der Waals surface area (Å²) in [5.41, 5.74) is 1.60. The van der Waals surface area contributed by atoms with E-state index in [1.165, 1.54) is 23.1 Å². The van der Waals surface area contributed by atoms with Crippen molar-refractivity contribution >= 4 is 11.5 Å². The summed E-state index contributed by atoms with van der Waals surface area (Å²) in [7, 11) is 3.79. The van der Waals surface area contributed by atoms with Crippen LogP contribution in [0.5, 0.6) is 0 Å². The fourth-order valence-electron chi connectivity index (χ4n) is 2.80. The molecule has 1 N–H and O–H groups in total. The van der Waals surface area contributed by atoms with Crippen LogP contribution in [-0.2, 0) is 7.05 Å².